The number of nitrogens with two attached hydrogens (primary N) is 1. The van der Waals surface area contributed by atoms with Crippen LogP contribution in [0.25, 0.3) is 0 Å². The van der Waals surface area contributed by atoms with Gasteiger partial charge in [-0.05, 0) is 62.2 Å². The number of nitrogens with zero attached hydrogens (tertiary/aromatic N) is 1. The second-order valence-corrected chi connectivity index (χ2v) is 7.32. The molecule has 116 valence electrons. The molecule has 1 aromatic carbocycles. The van der Waals surface area contributed by atoms with Crippen molar-refractivity contribution < 1.29 is 0 Å². The van der Waals surface area contributed by atoms with Crippen molar-refractivity contribution in [3.05, 3.63) is 35.4 Å². The van der Waals surface area contributed by atoms with Gasteiger partial charge in [0.25, 0.3) is 0 Å². The van der Waals surface area contributed by atoms with Crippen LogP contribution in [0, 0.1) is 12.3 Å². The van der Waals surface area contributed by atoms with Gasteiger partial charge in [0.2, 0.25) is 0 Å². The molecule has 2 N–H and O–H groups in total. The summed E-state index contributed by atoms with van der Waals surface area (Å²) in [6.45, 7) is 5.68. The van der Waals surface area contributed by atoms with E-state index >= 15 is 0 Å². The van der Waals surface area contributed by atoms with E-state index in [9.17, 15) is 0 Å². The largest absolute Gasteiger partial charge is 0.323 e. The molecule has 1 saturated carbocycles. The van der Waals surface area contributed by atoms with E-state index in [2.05, 4.69) is 36.1 Å². The van der Waals surface area contributed by atoms with Gasteiger partial charge in [-0.3, -0.25) is 0 Å². The second kappa shape index (κ2) is 6.50. The molecule has 1 aliphatic carbocycles. The van der Waals surface area contributed by atoms with Crippen LogP contribution in [0.4, 0.5) is 0 Å². The highest BCUT2D eigenvalue weighted by atomic mass is 15.1. The van der Waals surface area contributed by atoms with E-state index < -0.39 is 0 Å². The molecule has 0 amide bonds. The molecule has 2 nitrogen and oxygen atoms in total. The highest BCUT2D eigenvalue weighted by Crippen LogP contribution is 2.44. The summed E-state index contributed by atoms with van der Waals surface area (Å²) in [5.41, 5.74) is 9.79. The molecule has 1 spiro atoms. The topological polar surface area (TPSA) is 29.3 Å². The molecule has 1 heterocycles. The number of piperidine rings is 1. The quantitative estimate of drug-likeness (QED) is 0.908. The Morgan fingerprint density at radius 2 is 1.71 bits per heavy atom. The van der Waals surface area contributed by atoms with Crippen LogP contribution in [-0.2, 0) is 0 Å². The maximum Gasteiger partial charge on any atom is 0.0426 e. The maximum absolute atomic E-state index is 6.45. The summed E-state index contributed by atoms with van der Waals surface area (Å²) in [5.74, 6) is 0. The first-order valence-electron chi connectivity index (χ1n) is 8.72. The van der Waals surface area contributed by atoms with Crippen molar-refractivity contribution in [2.45, 2.75) is 57.9 Å². The van der Waals surface area contributed by atoms with Gasteiger partial charge in [-0.1, -0.05) is 43.5 Å². The Bertz CT molecular complexity index is 452. The number of rotatable bonds is 3. The fourth-order valence-electron chi connectivity index (χ4n) is 4.39. The van der Waals surface area contributed by atoms with Gasteiger partial charge in [-0.25, -0.2) is 0 Å². The predicted octanol–water partition coefficient (Wildman–Crippen LogP) is 4.04. The van der Waals surface area contributed by atoms with Crippen LogP contribution in [0.15, 0.2) is 24.3 Å². The molecule has 1 atom stereocenters. The van der Waals surface area contributed by atoms with Crippen molar-refractivity contribution in [1.29, 1.82) is 0 Å². The Kier molecular flexibility index (Phi) is 4.66. The molecule has 1 saturated heterocycles. The van der Waals surface area contributed by atoms with Crippen molar-refractivity contribution in [3.8, 4) is 0 Å². The van der Waals surface area contributed by atoms with E-state index in [1.807, 2.05) is 0 Å². The third-order valence-corrected chi connectivity index (χ3v) is 5.87. The van der Waals surface area contributed by atoms with Crippen molar-refractivity contribution in [2.75, 3.05) is 19.6 Å². The number of likely N-dealkylation sites (tertiary alicyclic amines) is 1. The lowest BCUT2D eigenvalue weighted by Crippen LogP contribution is -2.43. The van der Waals surface area contributed by atoms with Crippen LogP contribution in [-0.4, -0.2) is 24.5 Å². The van der Waals surface area contributed by atoms with E-state index in [1.54, 1.807) is 0 Å². The highest BCUT2D eigenvalue weighted by molar-refractivity contribution is 5.28. The van der Waals surface area contributed by atoms with Crippen LogP contribution < -0.4 is 5.73 Å². The predicted molar refractivity (Wildman–Crippen MR) is 89.3 cm³/mol. The summed E-state index contributed by atoms with van der Waals surface area (Å²) in [4.78, 5) is 2.59. The number of aryl methyl sites for hydroxylation is 1. The average molecular weight is 286 g/mol. The molecule has 0 radical (unpaired) electrons. The normalized spacial score (nSPS) is 24.1. The van der Waals surface area contributed by atoms with Crippen LogP contribution in [0.3, 0.4) is 0 Å². The minimum absolute atomic E-state index is 0.159. The Morgan fingerprint density at radius 3 is 2.38 bits per heavy atom. The maximum atomic E-state index is 6.45. The summed E-state index contributed by atoms with van der Waals surface area (Å²) in [5, 5.41) is 0. The minimum atomic E-state index is 0.159. The Hall–Kier alpha value is -0.860. The van der Waals surface area contributed by atoms with Crippen molar-refractivity contribution in [1.82, 2.24) is 4.90 Å². The first kappa shape index (κ1) is 15.1. The van der Waals surface area contributed by atoms with Crippen LogP contribution in [0.1, 0.15) is 62.1 Å². The molecule has 21 heavy (non-hydrogen) atoms. The zero-order chi connectivity index (χ0) is 14.7. The third-order valence-electron chi connectivity index (χ3n) is 5.87. The molecule has 2 aliphatic rings. The Morgan fingerprint density at radius 1 is 1.05 bits per heavy atom. The highest BCUT2D eigenvalue weighted by Gasteiger charge is 2.35. The molecule has 2 heteroatoms. The van der Waals surface area contributed by atoms with E-state index in [4.69, 9.17) is 5.73 Å². The van der Waals surface area contributed by atoms with Gasteiger partial charge in [-0.2, -0.15) is 0 Å². The summed E-state index contributed by atoms with van der Waals surface area (Å²) < 4.78 is 0. The van der Waals surface area contributed by atoms with Crippen LogP contribution in [0.2, 0.25) is 0 Å². The summed E-state index contributed by atoms with van der Waals surface area (Å²) in [6, 6.07) is 8.72. The SMILES string of the molecule is Cc1ccccc1C(N)CN1CCC2(CCCCC2)CC1. The molecule has 0 aromatic heterocycles. The van der Waals surface area contributed by atoms with Gasteiger partial charge in [0.05, 0.1) is 0 Å². The van der Waals surface area contributed by atoms with Crippen molar-refractivity contribution >= 4 is 0 Å². The zero-order valence-electron chi connectivity index (χ0n) is 13.5. The lowest BCUT2D eigenvalue weighted by atomic mass is 9.68. The smallest absolute Gasteiger partial charge is 0.0426 e. The standard InChI is InChI=1S/C19H30N2/c1-16-7-3-4-8-17(16)18(20)15-21-13-11-19(12-14-21)9-5-2-6-10-19/h3-4,7-8,18H,2,5-6,9-15,20H2,1H3. The van der Waals surface area contributed by atoms with Gasteiger partial charge >= 0.3 is 0 Å². The molecule has 2 fully saturated rings. The van der Waals surface area contributed by atoms with Crippen LogP contribution in [0.5, 0.6) is 0 Å². The molecule has 0 bridgehead atoms. The van der Waals surface area contributed by atoms with E-state index in [1.165, 1.54) is 69.2 Å². The van der Waals surface area contributed by atoms with Gasteiger partial charge in [0.1, 0.15) is 0 Å². The molecule has 3 rings (SSSR count). The lowest BCUT2D eigenvalue weighted by molar-refractivity contribution is 0.0649. The number of hydrogen-bond acceptors (Lipinski definition) is 2. The summed E-state index contributed by atoms with van der Waals surface area (Å²) in [7, 11) is 0. The van der Waals surface area contributed by atoms with E-state index in [0.717, 1.165) is 6.54 Å². The van der Waals surface area contributed by atoms with E-state index in [0.29, 0.717) is 5.41 Å². The minimum Gasteiger partial charge on any atom is -0.323 e. The fraction of sp³-hybridized carbons (Fsp3) is 0.684. The molecule has 1 aromatic rings. The van der Waals surface area contributed by atoms with Crippen molar-refractivity contribution in [2.24, 2.45) is 11.1 Å². The van der Waals surface area contributed by atoms with Gasteiger partial charge in [-0.15, -0.1) is 0 Å². The first-order chi connectivity index (χ1) is 10.2. The molecular formula is C19H30N2. The number of hydrogen-bond donors (Lipinski definition) is 1. The lowest BCUT2D eigenvalue weighted by Gasteiger charge is -2.44. The third kappa shape index (κ3) is 3.49. The summed E-state index contributed by atoms with van der Waals surface area (Å²) >= 11 is 0. The van der Waals surface area contributed by atoms with Gasteiger partial charge in [0.15, 0.2) is 0 Å². The first-order valence-corrected chi connectivity index (χ1v) is 8.72. The summed E-state index contributed by atoms with van der Waals surface area (Å²) in [6.07, 6.45) is 10.1. The van der Waals surface area contributed by atoms with Crippen LogP contribution >= 0.6 is 0 Å². The Labute approximate surface area is 129 Å². The molecule has 1 unspecified atom stereocenters. The molecular weight excluding hydrogens is 256 g/mol. The fourth-order valence-corrected chi connectivity index (χ4v) is 4.39. The zero-order valence-corrected chi connectivity index (χ0v) is 13.5. The van der Waals surface area contributed by atoms with E-state index in [-0.39, 0.29) is 6.04 Å². The number of benzene rings is 1. The Balaban J connectivity index is 1.54. The van der Waals surface area contributed by atoms with Gasteiger partial charge < -0.3 is 10.6 Å². The average Bonchev–Trinajstić information content (AvgIpc) is 2.51. The monoisotopic (exact) mass is 286 g/mol. The van der Waals surface area contributed by atoms with Crippen molar-refractivity contribution in [3.63, 3.8) is 0 Å². The second-order valence-electron chi connectivity index (χ2n) is 7.32. The van der Waals surface area contributed by atoms with Gasteiger partial charge in [0, 0.05) is 12.6 Å². The molecule has 1 aliphatic heterocycles.